The van der Waals surface area contributed by atoms with Crippen LogP contribution in [0.25, 0.3) is 0 Å². The number of thiazole rings is 1. The summed E-state index contributed by atoms with van der Waals surface area (Å²) in [5.41, 5.74) is 1.48. The molecule has 0 aliphatic carbocycles. The number of nitrogens with zero attached hydrogens (tertiary/aromatic N) is 5. The maximum absolute atomic E-state index is 12.9. The average Bonchev–Trinajstić information content (AvgIpc) is 3.30. The molecule has 0 saturated heterocycles. The summed E-state index contributed by atoms with van der Waals surface area (Å²) in [5.74, 6) is -0.773. The number of aryl methyl sites for hydroxylation is 1. The Morgan fingerprint density at radius 2 is 2.07 bits per heavy atom. The number of ether oxygens (including phenoxy) is 1. The van der Waals surface area contributed by atoms with Crippen LogP contribution in [0.3, 0.4) is 0 Å². The van der Waals surface area contributed by atoms with Crippen molar-refractivity contribution < 1.29 is 14.3 Å². The topological polar surface area (TPSA) is 112 Å². The van der Waals surface area contributed by atoms with Crippen LogP contribution in [0.4, 0.5) is 5.13 Å². The third-order valence-electron chi connectivity index (χ3n) is 3.75. The highest BCUT2D eigenvalue weighted by Gasteiger charge is 2.25. The van der Waals surface area contributed by atoms with Crippen LogP contribution >= 0.6 is 11.3 Å². The highest BCUT2D eigenvalue weighted by molar-refractivity contribution is 7.17. The minimum atomic E-state index is -0.655. The summed E-state index contributed by atoms with van der Waals surface area (Å²) in [6.07, 6.45) is 1.80. The Bertz CT molecular complexity index is 910. The lowest BCUT2D eigenvalue weighted by Gasteiger charge is -2.15. The quantitative estimate of drug-likeness (QED) is 0.618. The van der Waals surface area contributed by atoms with Gasteiger partial charge in [-0.05, 0) is 29.8 Å². The third kappa shape index (κ3) is 4.53. The number of benzene rings is 1. The van der Waals surface area contributed by atoms with Crippen molar-refractivity contribution in [3.63, 3.8) is 0 Å². The predicted octanol–water partition coefficient (Wildman–Crippen LogP) is 2.04. The second-order valence-corrected chi connectivity index (χ2v) is 6.64. The van der Waals surface area contributed by atoms with Gasteiger partial charge in [-0.3, -0.25) is 4.79 Å². The molecule has 0 saturated carbocycles. The second kappa shape index (κ2) is 8.49. The van der Waals surface area contributed by atoms with Crippen molar-refractivity contribution in [2.75, 3.05) is 11.9 Å². The van der Waals surface area contributed by atoms with E-state index in [2.05, 4.69) is 25.8 Å². The number of carbonyl (C=O) groups excluding carboxylic acids is 2. The minimum Gasteiger partial charge on any atom is -0.462 e. The number of tetrazole rings is 1. The van der Waals surface area contributed by atoms with Gasteiger partial charge in [0.15, 0.2) is 5.13 Å². The first-order valence-electron chi connectivity index (χ1n) is 8.30. The molecule has 140 valence electrons. The van der Waals surface area contributed by atoms with E-state index in [0.717, 1.165) is 16.9 Å². The summed E-state index contributed by atoms with van der Waals surface area (Å²) < 4.78 is 6.40. The van der Waals surface area contributed by atoms with Gasteiger partial charge in [-0.1, -0.05) is 41.7 Å². The van der Waals surface area contributed by atoms with Crippen molar-refractivity contribution in [1.29, 1.82) is 0 Å². The number of anilines is 1. The number of aromatic nitrogens is 5. The molecule has 0 aliphatic rings. The van der Waals surface area contributed by atoms with Crippen LogP contribution in [0.2, 0.25) is 0 Å². The molecule has 9 nitrogen and oxygen atoms in total. The molecule has 3 aromatic rings. The van der Waals surface area contributed by atoms with Crippen LogP contribution in [0.1, 0.15) is 33.9 Å². The van der Waals surface area contributed by atoms with Gasteiger partial charge < -0.3 is 10.1 Å². The first-order chi connectivity index (χ1) is 13.1. The van der Waals surface area contributed by atoms with Gasteiger partial charge in [0, 0.05) is 6.42 Å². The molecule has 2 aromatic heterocycles. The van der Waals surface area contributed by atoms with E-state index < -0.39 is 12.0 Å². The van der Waals surface area contributed by atoms with Crippen molar-refractivity contribution in [3.8, 4) is 0 Å². The van der Waals surface area contributed by atoms with E-state index in [1.54, 1.807) is 13.8 Å². The van der Waals surface area contributed by atoms with E-state index in [1.165, 1.54) is 11.0 Å². The molecular formula is C17H18N6O3S. The van der Waals surface area contributed by atoms with Gasteiger partial charge in [0.05, 0.1) is 12.3 Å². The molecule has 0 bridgehead atoms. The average molecular weight is 386 g/mol. The Hall–Kier alpha value is -3.14. The second-order valence-electron chi connectivity index (χ2n) is 5.64. The van der Waals surface area contributed by atoms with Gasteiger partial charge >= 0.3 is 5.97 Å². The van der Waals surface area contributed by atoms with E-state index >= 15 is 0 Å². The molecule has 10 heteroatoms. The fourth-order valence-electron chi connectivity index (χ4n) is 2.48. The van der Waals surface area contributed by atoms with Crippen LogP contribution in [0.15, 0.2) is 36.7 Å². The lowest BCUT2D eigenvalue weighted by molar-refractivity contribution is -0.119. The highest BCUT2D eigenvalue weighted by atomic mass is 32.1. The molecular weight excluding hydrogens is 368 g/mol. The SMILES string of the molecule is CCOC(=O)c1sc(NC(=O)[C@@H](Cc2ccccc2)n2cnnn2)nc1C. The molecule has 2 heterocycles. The van der Waals surface area contributed by atoms with Crippen LogP contribution in [-0.2, 0) is 16.0 Å². The van der Waals surface area contributed by atoms with Gasteiger partial charge in [-0.25, -0.2) is 14.5 Å². The number of amides is 1. The number of esters is 1. The zero-order valence-corrected chi connectivity index (χ0v) is 15.6. The normalized spacial score (nSPS) is 11.8. The van der Waals surface area contributed by atoms with Crippen molar-refractivity contribution in [3.05, 3.63) is 52.8 Å². The van der Waals surface area contributed by atoms with E-state index in [-0.39, 0.29) is 12.5 Å². The summed E-state index contributed by atoms with van der Waals surface area (Å²) in [4.78, 5) is 29.4. The molecule has 3 rings (SSSR count). The van der Waals surface area contributed by atoms with Gasteiger partial charge in [0.1, 0.15) is 17.2 Å². The van der Waals surface area contributed by atoms with Crippen molar-refractivity contribution in [1.82, 2.24) is 25.2 Å². The molecule has 1 aromatic carbocycles. The van der Waals surface area contributed by atoms with Crippen LogP contribution < -0.4 is 5.32 Å². The summed E-state index contributed by atoms with van der Waals surface area (Å²) in [6, 6.07) is 8.91. The smallest absolute Gasteiger partial charge is 0.350 e. The van der Waals surface area contributed by atoms with Crippen LogP contribution in [0, 0.1) is 6.92 Å². The van der Waals surface area contributed by atoms with E-state index in [0.29, 0.717) is 22.1 Å². The Labute approximate surface area is 159 Å². The molecule has 27 heavy (non-hydrogen) atoms. The third-order valence-corrected chi connectivity index (χ3v) is 4.80. The Kier molecular flexibility index (Phi) is 5.87. The van der Waals surface area contributed by atoms with Crippen molar-refractivity contribution in [2.45, 2.75) is 26.3 Å². The summed E-state index contributed by atoms with van der Waals surface area (Å²) in [7, 11) is 0. The molecule has 0 radical (unpaired) electrons. The molecule has 1 N–H and O–H groups in total. The molecule has 0 unspecified atom stereocenters. The fourth-order valence-corrected chi connectivity index (χ4v) is 3.34. The Morgan fingerprint density at radius 3 is 2.74 bits per heavy atom. The predicted molar refractivity (Wildman–Crippen MR) is 98.4 cm³/mol. The monoisotopic (exact) mass is 386 g/mol. The summed E-state index contributed by atoms with van der Waals surface area (Å²) >= 11 is 1.08. The first kappa shape index (κ1) is 18.6. The number of hydrogen-bond donors (Lipinski definition) is 1. The van der Waals surface area contributed by atoms with Crippen molar-refractivity contribution in [2.24, 2.45) is 0 Å². The summed E-state index contributed by atoms with van der Waals surface area (Å²) in [5, 5.41) is 14.2. The molecule has 0 fully saturated rings. The lowest BCUT2D eigenvalue weighted by atomic mass is 10.1. The van der Waals surface area contributed by atoms with E-state index in [1.807, 2.05) is 30.3 Å². The molecule has 1 atom stereocenters. The maximum Gasteiger partial charge on any atom is 0.350 e. The zero-order chi connectivity index (χ0) is 19.2. The van der Waals surface area contributed by atoms with Gasteiger partial charge in [0.2, 0.25) is 0 Å². The number of hydrogen-bond acceptors (Lipinski definition) is 8. The number of carbonyl (C=O) groups is 2. The lowest BCUT2D eigenvalue weighted by Crippen LogP contribution is -2.28. The van der Waals surface area contributed by atoms with Gasteiger partial charge in [-0.15, -0.1) is 5.10 Å². The standard InChI is InChI=1S/C17H18N6O3S/c1-3-26-16(25)14-11(2)19-17(27-14)20-15(24)13(23-10-18-21-22-23)9-12-7-5-4-6-8-12/h4-8,10,13H,3,9H2,1-2H3,(H,19,20,24)/t13-/m1/s1. The van der Waals surface area contributed by atoms with Crippen molar-refractivity contribution >= 4 is 28.3 Å². The first-order valence-corrected chi connectivity index (χ1v) is 9.12. The molecule has 0 aliphatic heterocycles. The molecule has 0 spiro atoms. The zero-order valence-electron chi connectivity index (χ0n) is 14.8. The van der Waals surface area contributed by atoms with Gasteiger partial charge in [-0.2, -0.15) is 0 Å². The number of nitrogens with one attached hydrogen (secondary N) is 1. The van der Waals surface area contributed by atoms with Crippen LogP contribution in [-0.4, -0.2) is 43.7 Å². The Balaban J connectivity index is 1.79. The molecule has 1 amide bonds. The number of rotatable bonds is 7. The minimum absolute atomic E-state index is 0.274. The maximum atomic E-state index is 12.9. The highest BCUT2D eigenvalue weighted by Crippen LogP contribution is 2.25. The van der Waals surface area contributed by atoms with E-state index in [9.17, 15) is 9.59 Å². The Morgan fingerprint density at radius 1 is 1.30 bits per heavy atom. The van der Waals surface area contributed by atoms with Gasteiger partial charge in [0.25, 0.3) is 5.91 Å². The summed E-state index contributed by atoms with van der Waals surface area (Å²) in [6.45, 7) is 3.70. The largest absolute Gasteiger partial charge is 0.462 e. The fraction of sp³-hybridized carbons (Fsp3) is 0.294. The van der Waals surface area contributed by atoms with Crippen LogP contribution in [0.5, 0.6) is 0 Å². The van der Waals surface area contributed by atoms with E-state index in [4.69, 9.17) is 4.74 Å².